The van der Waals surface area contributed by atoms with Crippen molar-refractivity contribution < 1.29 is 19.0 Å². The summed E-state index contributed by atoms with van der Waals surface area (Å²) < 4.78 is 16.2. The largest absolute Gasteiger partial charge is 0.495 e. The summed E-state index contributed by atoms with van der Waals surface area (Å²) in [5, 5.41) is 0.428. The highest BCUT2D eigenvalue weighted by Crippen LogP contribution is 2.45. The van der Waals surface area contributed by atoms with E-state index < -0.39 is 0 Å². The van der Waals surface area contributed by atoms with Crippen molar-refractivity contribution in [3.63, 3.8) is 0 Å². The molecule has 6 heteroatoms. The van der Waals surface area contributed by atoms with Crippen LogP contribution in [0.1, 0.15) is 5.56 Å². The first kappa shape index (κ1) is 12.3. The molecule has 0 spiro atoms. The zero-order chi connectivity index (χ0) is 12.3. The van der Waals surface area contributed by atoms with Crippen molar-refractivity contribution in [3.8, 4) is 17.2 Å². The fraction of sp³-hybridized carbons (Fsp3) is 0.455. The van der Waals surface area contributed by atoms with Gasteiger partial charge in [-0.2, -0.15) is 0 Å². The van der Waals surface area contributed by atoms with Crippen LogP contribution in [0, 0.1) is 0 Å². The molecular formula is C11H14ClNO4. The zero-order valence-corrected chi connectivity index (χ0v) is 10.3. The van der Waals surface area contributed by atoms with Gasteiger partial charge < -0.3 is 19.0 Å². The van der Waals surface area contributed by atoms with E-state index in [0.717, 1.165) is 5.56 Å². The van der Waals surface area contributed by atoms with E-state index in [9.17, 15) is 0 Å². The minimum Gasteiger partial charge on any atom is -0.495 e. The molecule has 17 heavy (non-hydrogen) atoms. The summed E-state index contributed by atoms with van der Waals surface area (Å²) >= 11 is 6.21. The Hall–Kier alpha value is -1.17. The van der Waals surface area contributed by atoms with Crippen LogP contribution in [0.15, 0.2) is 6.07 Å². The molecule has 2 N–H and O–H groups in total. The van der Waals surface area contributed by atoms with E-state index in [0.29, 0.717) is 48.5 Å². The molecule has 0 atom stereocenters. The maximum absolute atomic E-state index is 6.21. The predicted molar refractivity (Wildman–Crippen MR) is 62.8 cm³/mol. The molecule has 1 aliphatic heterocycles. The Morgan fingerprint density at radius 3 is 2.88 bits per heavy atom. The molecule has 0 amide bonds. The first-order valence-corrected chi connectivity index (χ1v) is 5.62. The highest BCUT2D eigenvalue weighted by molar-refractivity contribution is 6.34. The lowest BCUT2D eigenvalue weighted by atomic mass is 10.1. The van der Waals surface area contributed by atoms with Crippen LogP contribution in [0.5, 0.6) is 17.2 Å². The van der Waals surface area contributed by atoms with Crippen LogP contribution in [0.25, 0.3) is 0 Å². The molecule has 1 aliphatic rings. The van der Waals surface area contributed by atoms with Crippen molar-refractivity contribution in [2.45, 2.75) is 6.42 Å². The van der Waals surface area contributed by atoms with Crippen LogP contribution < -0.4 is 20.1 Å². The average Bonchev–Trinajstić information content (AvgIpc) is 2.36. The predicted octanol–water partition coefficient (Wildman–Crippen LogP) is 1.55. The van der Waals surface area contributed by atoms with Gasteiger partial charge in [0.05, 0.1) is 13.7 Å². The summed E-state index contributed by atoms with van der Waals surface area (Å²) in [4.78, 5) is 4.56. The van der Waals surface area contributed by atoms with Crippen molar-refractivity contribution in [1.29, 1.82) is 0 Å². The van der Waals surface area contributed by atoms with Gasteiger partial charge in [0.2, 0.25) is 0 Å². The lowest BCUT2D eigenvalue weighted by Gasteiger charge is -2.22. The van der Waals surface area contributed by atoms with Gasteiger partial charge in [-0.15, -0.1) is 0 Å². The third-order valence-electron chi connectivity index (χ3n) is 2.50. The number of fused-ring (bicyclic) bond motifs is 1. The Morgan fingerprint density at radius 2 is 2.18 bits per heavy atom. The summed E-state index contributed by atoms with van der Waals surface area (Å²) in [6.45, 7) is 1.38. The first-order chi connectivity index (χ1) is 8.27. The molecule has 0 aliphatic carbocycles. The second-order valence-electron chi connectivity index (χ2n) is 3.53. The standard InChI is InChI=1S/C11H14ClNO4/c1-14-10-7(2-3-17-13)6-8-11(9(10)12)16-5-4-15-8/h6H,2-5,13H2,1H3. The molecule has 0 aromatic heterocycles. The van der Waals surface area contributed by atoms with Gasteiger partial charge in [-0.1, -0.05) is 11.6 Å². The monoisotopic (exact) mass is 259 g/mol. The Bertz CT molecular complexity index is 411. The number of ether oxygens (including phenoxy) is 3. The minimum absolute atomic E-state index is 0.381. The molecule has 1 aromatic carbocycles. The van der Waals surface area contributed by atoms with E-state index in [1.165, 1.54) is 0 Å². The van der Waals surface area contributed by atoms with Gasteiger partial charge in [-0.3, -0.25) is 0 Å². The van der Waals surface area contributed by atoms with Crippen LogP contribution in [0.4, 0.5) is 0 Å². The molecule has 94 valence electrons. The molecule has 0 fully saturated rings. The van der Waals surface area contributed by atoms with Crippen molar-refractivity contribution in [3.05, 3.63) is 16.7 Å². The van der Waals surface area contributed by atoms with Gasteiger partial charge in [-0.25, -0.2) is 5.90 Å². The fourth-order valence-corrected chi connectivity index (χ4v) is 2.10. The minimum atomic E-state index is 0.381. The van der Waals surface area contributed by atoms with Gasteiger partial charge in [0.25, 0.3) is 0 Å². The van der Waals surface area contributed by atoms with E-state index in [1.807, 2.05) is 6.07 Å². The maximum atomic E-state index is 6.21. The maximum Gasteiger partial charge on any atom is 0.183 e. The highest BCUT2D eigenvalue weighted by atomic mass is 35.5. The number of methoxy groups -OCH3 is 1. The molecule has 1 heterocycles. The quantitative estimate of drug-likeness (QED) is 0.832. The van der Waals surface area contributed by atoms with Crippen LogP contribution >= 0.6 is 11.6 Å². The Labute approximate surface area is 104 Å². The van der Waals surface area contributed by atoms with Gasteiger partial charge in [0, 0.05) is 12.0 Å². The molecule has 0 bridgehead atoms. The van der Waals surface area contributed by atoms with Crippen LogP contribution in [0.2, 0.25) is 5.02 Å². The normalized spacial score (nSPS) is 13.6. The molecule has 1 aromatic rings. The van der Waals surface area contributed by atoms with E-state index in [-0.39, 0.29) is 0 Å². The molecule has 0 radical (unpaired) electrons. The lowest BCUT2D eigenvalue weighted by molar-refractivity contribution is 0.140. The smallest absolute Gasteiger partial charge is 0.183 e. The zero-order valence-electron chi connectivity index (χ0n) is 9.49. The van der Waals surface area contributed by atoms with E-state index in [4.69, 9.17) is 31.7 Å². The third-order valence-corrected chi connectivity index (χ3v) is 2.84. The summed E-state index contributed by atoms with van der Waals surface area (Å²) in [5.74, 6) is 6.76. The molecule has 5 nitrogen and oxygen atoms in total. The molecule has 2 rings (SSSR count). The number of rotatable bonds is 4. The number of hydrogen-bond donors (Lipinski definition) is 1. The lowest BCUT2D eigenvalue weighted by Crippen LogP contribution is -2.16. The van der Waals surface area contributed by atoms with Gasteiger partial charge in [0.1, 0.15) is 24.0 Å². The summed E-state index contributed by atoms with van der Waals surface area (Å²) in [5.41, 5.74) is 0.882. The summed E-state index contributed by atoms with van der Waals surface area (Å²) in [6, 6.07) is 1.85. The van der Waals surface area contributed by atoms with Crippen molar-refractivity contribution in [2.75, 3.05) is 26.9 Å². The Kier molecular flexibility index (Phi) is 3.93. The molecule has 0 saturated heterocycles. The molecular weight excluding hydrogens is 246 g/mol. The number of benzene rings is 1. The SMILES string of the molecule is COc1c(CCON)cc2c(c1Cl)OCCO2. The Morgan fingerprint density at radius 1 is 1.41 bits per heavy atom. The van der Waals surface area contributed by atoms with E-state index >= 15 is 0 Å². The van der Waals surface area contributed by atoms with Crippen LogP contribution in [-0.4, -0.2) is 26.9 Å². The van der Waals surface area contributed by atoms with Gasteiger partial charge in [-0.05, 0) is 6.07 Å². The van der Waals surface area contributed by atoms with Gasteiger partial charge >= 0.3 is 0 Å². The summed E-state index contributed by atoms with van der Waals surface area (Å²) in [7, 11) is 1.56. The average molecular weight is 260 g/mol. The second-order valence-corrected chi connectivity index (χ2v) is 3.91. The molecule has 0 unspecified atom stereocenters. The highest BCUT2D eigenvalue weighted by Gasteiger charge is 2.22. The third kappa shape index (κ3) is 2.41. The Balaban J connectivity index is 2.40. The van der Waals surface area contributed by atoms with Crippen LogP contribution in [0.3, 0.4) is 0 Å². The van der Waals surface area contributed by atoms with Crippen LogP contribution in [-0.2, 0) is 11.3 Å². The summed E-state index contributed by atoms with van der Waals surface area (Å²) in [6.07, 6.45) is 0.593. The van der Waals surface area contributed by atoms with Crippen molar-refractivity contribution in [2.24, 2.45) is 5.90 Å². The van der Waals surface area contributed by atoms with Crippen molar-refractivity contribution >= 4 is 11.6 Å². The number of nitrogens with two attached hydrogens (primary N) is 1. The first-order valence-electron chi connectivity index (χ1n) is 5.24. The number of hydrogen-bond acceptors (Lipinski definition) is 5. The van der Waals surface area contributed by atoms with E-state index in [2.05, 4.69) is 4.84 Å². The molecule has 0 saturated carbocycles. The van der Waals surface area contributed by atoms with Crippen molar-refractivity contribution in [1.82, 2.24) is 0 Å². The van der Waals surface area contributed by atoms with Gasteiger partial charge in [0.15, 0.2) is 11.5 Å². The number of halogens is 1. The second kappa shape index (κ2) is 5.44. The topological polar surface area (TPSA) is 62.9 Å². The fourth-order valence-electron chi connectivity index (χ4n) is 1.75. The van der Waals surface area contributed by atoms with E-state index in [1.54, 1.807) is 7.11 Å².